The van der Waals surface area contributed by atoms with Crippen LogP contribution in [0.1, 0.15) is 24.6 Å². The number of furan rings is 1. The maximum absolute atomic E-state index is 10.6. The van der Waals surface area contributed by atoms with Crippen molar-refractivity contribution >= 4 is 11.5 Å². The number of fused-ring (bicyclic) bond motifs is 1. The topological polar surface area (TPSA) is 102 Å². The maximum Gasteiger partial charge on any atom is 0.218 e. The van der Waals surface area contributed by atoms with E-state index in [1.165, 1.54) is 4.52 Å². The molecule has 0 aliphatic rings. The van der Waals surface area contributed by atoms with Crippen LogP contribution >= 0.6 is 0 Å². The van der Waals surface area contributed by atoms with Gasteiger partial charge in [-0.1, -0.05) is 36.3 Å². The van der Waals surface area contributed by atoms with Gasteiger partial charge in [-0.25, -0.2) is 14.5 Å². The maximum atomic E-state index is 10.6. The number of anilines is 1. The summed E-state index contributed by atoms with van der Waals surface area (Å²) in [5.74, 6) is 6.94. The fraction of sp³-hybridized carbons (Fsp3) is 0.190. The highest BCUT2D eigenvalue weighted by atomic mass is 16.3. The Morgan fingerprint density at radius 2 is 2.00 bits per heavy atom. The normalized spacial score (nSPS) is 13.1. The van der Waals surface area contributed by atoms with E-state index in [9.17, 15) is 5.11 Å². The van der Waals surface area contributed by atoms with Gasteiger partial charge in [0.1, 0.15) is 11.3 Å². The Hall–Kier alpha value is -3.63. The van der Waals surface area contributed by atoms with Crippen molar-refractivity contribution in [2.24, 2.45) is 0 Å². The molecule has 0 aliphatic carbocycles. The molecule has 7 heteroatoms. The summed E-state index contributed by atoms with van der Waals surface area (Å²) in [4.78, 5) is 8.60. The van der Waals surface area contributed by atoms with E-state index in [0.717, 1.165) is 12.0 Å². The summed E-state index contributed by atoms with van der Waals surface area (Å²) in [7, 11) is 0. The van der Waals surface area contributed by atoms with Gasteiger partial charge in [0.2, 0.25) is 5.82 Å². The third-order valence-corrected chi connectivity index (χ3v) is 4.29. The molecule has 1 unspecified atom stereocenters. The minimum absolute atomic E-state index is 0.209. The van der Waals surface area contributed by atoms with Crippen molar-refractivity contribution in [3.05, 3.63) is 66.2 Å². The zero-order valence-corrected chi connectivity index (χ0v) is 15.3. The van der Waals surface area contributed by atoms with Gasteiger partial charge in [0.15, 0.2) is 17.2 Å². The first-order valence-corrected chi connectivity index (χ1v) is 8.86. The van der Waals surface area contributed by atoms with Crippen LogP contribution in [0.5, 0.6) is 0 Å². The number of aliphatic hydroxyl groups is 1. The molecule has 140 valence electrons. The fourth-order valence-electron chi connectivity index (χ4n) is 2.78. The van der Waals surface area contributed by atoms with E-state index in [1.807, 2.05) is 30.3 Å². The van der Waals surface area contributed by atoms with Crippen LogP contribution in [-0.4, -0.2) is 30.3 Å². The highest BCUT2D eigenvalue weighted by molar-refractivity contribution is 5.63. The number of aryl methyl sites for hydroxylation is 1. The van der Waals surface area contributed by atoms with E-state index in [2.05, 4.69) is 26.9 Å². The number of nitrogen functional groups attached to an aromatic ring is 1. The van der Waals surface area contributed by atoms with E-state index in [0.29, 0.717) is 29.3 Å². The van der Waals surface area contributed by atoms with Crippen molar-refractivity contribution in [2.45, 2.75) is 25.4 Å². The van der Waals surface area contributed by atoms with Crippen LogP contribution in [0, 0.1) is 11.8 Å². The molecule has 1 atom stereocenters. The lowest BCUT2D eigenvalue weighted by Gasteiger charge is -2.15. The number of nitrogens with zero attached hydrogens (tertiary/aromatic N) is 4. The zero-order chi connectivity index (χ0) is 19.6. The van der Waals surface area contributed by atoms with Crippen LogP contribution < -0.4 is 5.73 Å². The second kappa shape index (κ2) is 7.18. The molecule has 0 bridgehead atoms. The van der Waals surface area contributed by atoms with E-state index in [4.69, 9.17) is 10.2 Å². The Balaban J connectivity index is 1.56. The van der Waals surface area contributed by atoms with Crippen molar-refractivity contribution in [3.63, 3.8) is 0 Å². The molecular weight excluding hydrogens is 354 g/mol. The van der Waals surface area contributed by atoms with Crippen LogP contribution in [-0.2, 0) is 6.42 Å². The first kappa shape index (κ1) is 17.8. The Labute approximate surface area is 161 Å². The minimum atomic E-state index is -1.15. The van der Waals surface area contributed by atoms with E-state index >= 15 is 0 Å². The van der Waals surface area contributed by atoms with Gasteiger partial charge in [-0.3, -0.25) is 0 Å². The highest BCUT2D eigenvalue weighted by Gasteiger charge is 2.17. The number of aromatic nitrogens is 4. The van der Waals surface area contributed by atoms with Gasteiger partial charge in [-0.05, 0) is 43.4 Å². The molecule has 0 aliphatic heterocycles. The quantitative estimate of drug-likeness (QED) is 0.533. The molecule has 0 saturated heterocycles. The molecule has 0 saturated carbocycles. The standard InChI is InChI=1S/C21H19N5O2/c1-21(27,11-9-15-6-3-2-4-7-15)12-10-16-14-26-20(18(22)23-16)24-19(25-26)17-8-5-13-28-17/h2-8,13-14,27H,9,11H2,1H3,(H2,22,23). The van der Waals surface area contributed by atoms with Crippen LogP contribution in [0.25, 0.3) is 17.2 Å². The number of rotatable bonds is 4. The van der Waals surface area contributed by atoms with E-state index in [1.54, 1.807) is 31.5 Å². The molecule has 7 nitrogen and oxygen atoms in total. The van der Waals surface area contributed by atoms with Crippen molar-refractivity contribution in [2.75, 3.05) is 5.73 Å². The number of nitrogens with two attached hydrogens (primary N) is 1. The lowest BCUT2D eigenvalue weighted by atomic mass is 9.97. The largest absolute Gasteiger partial charge is 0.461 e. The van der Waals surface area contributed by atoms with Crippen LogP contribution in [0.2, 0.25) is 0 Å². The second-order valence-corrected chi connectivity index (χ2v) is 6.70. The smallest absolute Gasteiger partial charge is 0.218 e. The molecule has 3 aromatic heterocycles. The average molecular weight is 373 g/mol. The fourth-order valence-corrected chi connectivity index (χ4v) is 2.78. The third kappa shape index (κ3) is 3.87. The second-order valence-electron chi connectivity index (χ2n) is 6.70. The molecule has 0 fully saturated rings. The summed E-state index contributed by atoms with van der Waals surface area (Å²) < 4.78 is 6.83. The molecule has 4 aromatic rings. The summed E-state index contributed by atoms with van der Waals surface area (Å²) >= 11 is 0. The predicted octanol–water partition coefficient (Wildman–Crippen LogP) is 2.70. The predicted molar refractivity (Wildman–Crippen MR) is 105 cm³/mol. The van der Waals surface area contributed by atoms with Crippen LogP contribution in [0.15, 0.2) is 59.3 Å². The molecule has 0 spiro atoms. The van der Waals surface area contributed by atoms with Crippen molar-refractivity contribution in [1.82, 2.24) is 19.6 Å². The van der Waals surface area contributed by atoms with E-state index in [-0.39, 0.29) is 5.82 Å². The van der Waals surface area contributed by atoms with Gasteiger partial charge in [0, 0.05) is 0 Å². The number of hydrogen-bond acceptors (Lipinski definition) is 6. The third-order valence-electron chi connectivity index (χ3n) is 4.29. The molecule has 4 rings (SSSR count). The summed E-state index contributed by atoms with van der Waals surface area (Å²) in [6.07, 6.45) is 4.42. The van der Waals surface area contributed by atoms with Gasteiger partial charge in [0.25, 0.3) is 0 Å². The Morgan fingerprint density at radius 1 is 1.18 bits per heavy atom. The Bertz CT molecular complexity index is 1150. The van der Waals surface area contributed by atoms with Crippen molar-refractivity contribution < 1.29 is 9.52 Å². The number of benzene rings is 1. The highest BCUT2D eigenvalue weighted by Crippen LogP contribution is 2.19. The van der Waals surface area contributed by atoms with Crippen LogP contribution in [0.3, 0.4) is 0 Å². The summed E-state index contributed by atoms with van der Waals surface area (Å²) in [5.41, 5.74) is 6.83. The molecule has 3 N–H and O–H groups in total. The van der Waals surface area contributed by atoms with Crippen molar-refractivity contribution in [3.8, 4) is 23.4 Å². The van der Waals surface area contributed by atoms with Gasteiger partial charge in [-0.15, -0.1) is 5.10 Å². The Kier molecular flexibility index (Phi) is 4.55. The molecule has 0 radical (unpaired) electrons. The van der Waals surface area contributed by atoms with Crippen LogP contribution in [0.4, 0.5) is 5.82 Å². The van der Waals surface area contributed by atoms with E-state index < -0.39 is 5.60 Å². The monoisotopic (exact) mass is 373 g/mol. The summed E-state index contributed by atoms with van der Waals surface area (Å²) in [6, 6.07) is 13.5. The zero-order valence-electron chi connectivity index (χ0n) is 15.3. The van der Waals surface area contributed by atoms with Gasteiger partial charge in [0.05, 0.1) is 12.5 Å². The molecular formula is C21H19N5O2. The first-order chi connectivity index (χ1) is 13.5. The first-order valence-electron chi connectivity index (χ1n) is 8.86. The van der Waals surface area contributed by atoms with Crippen molar-refractivity contribution in [1.29, 1.82) is 0 Å². The Morgan fingerprint density at radius 3 is 2.75 bits per heavy atom. The minimum Gasteiger partial charge on any atom is -0.461 e. The van der Waals surface area contributed by atoms with Gasteiger partial charge in [-0.2, -0.15) is 0 Å². The van der Waals surface area contributed by atoms with Gasteiger partial charge >= 0.3 is 0 Å². The van der Waals surface area contributed by atoms with Gasteiger partial charge < -0.3 is 15.3 Å². The number of hydrogen-bond donors (Lipinski definition) is 2. The summed E-state index contributed by atoms with van der Waals surface area (Å²) in [6.45, 7) is 1.69. The molecule has 1 aromatic carbocycles. The molecule has 28 heavy (non-hydrogen) atoms. The molecule has 3 heterocycles. The SMILES string of the molecule is CC(O)(C#Cc1cn2nc(-c3ccco3)nc2c(N)n1)CCc1ccccc1. The lowest BCUT2D eigenvalue weighted by molar-refractivity contribution is 0.112. The summed E-state index contributed by atoms with van der Waals surface area (Å²) in [5, 5.41) is 14.9. The molecule has 0 amide bonds. The lowest BCUT2D eigenvalue weighted by Crippen LogP contribution is -2.22. The average Bonchev–Trinajstić information content (AvgIpc) is 3.35.